The first-order valence-corrected chi connectivity index (χ1v) is 8.88. The second-order valence-corrected chi connectivity index (χ2v) is 6.31. The Morgan fingerprint density at radius 2 is 2.04 bits per heavy atom. The molecule has 1 aromatic carbocycles. The number of esters is 1. The molecular weight excluding hydrogens is 353 g/mol. The van der Waals surface area contributed by atoms with Crippen molar-refractivity contribution in [3.8, 4) is 5.75 Å². The molecule has 2 rings (SSSR count). The minimum absolute atomic E-state index is 0.185. The summed E-state index contributed by atoms with van der Waals surface area (Å²) in [6.07, 6.45) is 0.568. The summed E-state index contributed by atoms with van der Waals surface area (Å²) in [7, 11) is 3.24. The molecule has 2 amide bonds. The molecule has 27 heavy (non-hydrogen) atoms. The topological polar surface area (TPSA) is 79.9 Å². The number of nitrogens with one attached hydrogen (secondary N) is 2. The number of hydrogen-bond acceptors (Lipinski definition) is 5. The summed E-state index contributed by atoms with van der Waals surface area (Å²) >= 11 is 0. The second-order valence-electron chi connectivity index (χ2n) is 6.31. The zero-order valence-electron chi connectivity index (χ0n) is 16.1. The van der Waals surface area contributed by atoms with Crippen molar-refractivity contribution in [1.82, 2.24) is 15.5 Å². The fourth-order valence-electron chi connectivity index (χ4n) is 3.03. The third-order valence-electron chi connectivity index (χ3n) is 4.24. The molecule has 0 saturated carbocycles. The van der Waals surface area contributed by atoms with Gasteiger partial charge in [-0.25, -0.2) is 14.0 Å². The Hall–Kier alpha value is -2.61. The number of rotatable bonds is 8. The number of carbonyl (C=O) groups excluding carboxylic acids is 2. The van der Waals surface area contributed by atoms with Crippen molar-refractivity contribution in [1.29, 1.82) is 0 Å². The van der Waals surface area contributed by atoms with Crippen LogP contribution < -0.4 is 15.4 Å². The van der Waals surface area contributed by atoms with Crippen molar-refractivity contribution in [2.24, 2.45) is 0 Å². The number of hydrogen-bond donors (Lipinski definition) is 2. The Morgan fingerprint density at radius 1 is 1.30 bits per heavy atom. The molecule has 1 aliphatic rings. The molecule has 1 aromatic rings. The van der Waals surface area contributed by atoms with Crippen LogP contribution in [0.1, 0.15) is 25.8 Å². The van der Waals surface area contributed by atoms with Crippen LogP contribution in [0.3, 0.4) is 0 Å². The lowest BCUT2D eigenvalue weighted by Gasteiger charge is -2.30. The summed E-state index contributed by atoms with van der Waals surface area (Å²) in [4.78, 5) is 26.2. The Kier molecular flexibility index (Phi) is 7.18. The van der Waals surface area contributed by atoms with Crippen molar-refractivity contribution in [3.63, 3.8) is 0 Å². The summed E-state index contributed by atoms with van der Waals surface area (Å²) < 4.78 is 24.0. The summed E-state index contributed by atoms with van der Waals surface area (Å²) in [5, 5.41) is 5.45. The molecule has 0 bridgehead atoms. The smallest absolute Gasteiger partial charge is 0.337 e. The van der Waals surface area contributed by atoms with Gasteiger partial charge >= 0.3 is 12.0 Å². The lowest BCUT2D eigenvalue weighted by atomic mass is 10.00. The van der Waals surface area contributed by atoms with Crippen LogP contribution in [-0.2, 0) is 16.1 Å². The number of benzene rings is 1. The van der Waals surface area contributed by atoms with E-state index in [4.69, 9.17) is 9.47 Å². The number of carbonyl (C=O) groups is 2. The maximum absolute atomic E-state index is 13.9. The fraction of sp³-hybridized carbons (Fsp3) is 0.474. The highest BCUT2D eigenvalue weighted by Crippen LogP contribution is 2.20. The van der Waals surface area contributed by atoms with Crippen LogP contribution in [0.5, 0.6) is 5.75 Å². The van der Waals surface area contributed by atoms with Gasteiger partial charge in [-0.1, -0.05) is 13.0 Å². The number of urea groups is 1. The average molecular weight is 379 g/mol. The van der Waals surface area contributed by atoms with Crippen molar-refractivity contribution < 1.29 is 23.5 Å². The van der Waals surface area contributed by atoms with Gasteiger partial charge in [-0.15, -0.1) is 0 Å². The monoisotopic (exact) mass is 379 g/mol. The minimum Gasteiger partial charge on any atom is -0.494 e. The quantitative estimate of drug-likeness (QED) is 0.677. The van der Waals surface area contributed by atoms with Crippen LogP contribution in [0.15, 0.2) is 29.5 Å². The predicted octanol–water partition coefficient (Wildman–Crippen LogP) is 2.17. The summed E-state index contributed by atoms with van der Waals surface area (Å²) in [5.74, 6) is -0.697. The highest BCUT2D eigenvalue weighted by molar-refractivity contribution is 5.94. The first-order chi connectivity index (χ1) is 12.9. The normalized spacial score (nSPS) is 16.8. The van der Waals surface area contributed by atoms with Gasteiger partial charge < -0.3 is 20.1 Å². The third kappa shape index (κ3) is 5.19. The Balaban J connectivity index is 2.20. The van der Waals surface area contributed by atoms with E-state index in [1.54, 1.807) is 19.1 Å². The van der Waals surface area contributed by atoms with E-state index in [0.29, 0.717) is 30.8 Å². The molecule has 0 aliphatic carbocycles. The van der Waals surface area contributed by atoms with Gasteiger partial charge in [0, 0.05) is 18.8 Å². The SMILES string of the molecule is CCOC(=O)C1=C(CN(C)Cc2ccc(OC)c(F)c2)NC(=O)NC1CC. The molecule has 1 atom stereocenters. The van der Waals surface area contributed by atoms with Gasteiger partial charge in [-0.3, -0.25) is 4.90 Å². The Labute approximate surface area is 158 Å². The van der Waals surface area contributed by atoms with Crippen LogP contribution in [0.2, 0.25) is 0 Å². The first kappa shape index (κ1) is 20.7. The lowest BCUT2D eigenvalue weighted by molar-refractivity contribution is -0.139. The van der Waals surface area contributed by atoms with Gasteiger partial charge in [-0.05, 0) is 38.1 Å². The molecular formula is C19H26FN3O4. The van der Waals surface area contributed by atoms with Gasteiger partial charge in [0.2, 0.25) is 0 Å². The molecule has 0 radical (unpaired) electrons. The predicted molar refractivity (Wildman–Crippen MR) is 98.7 cm³/mol. The number of ether oxygens (including phenoxy) is 2. The zero-order valence-corrected chi connectivity index (χ0v) is 16.1. The number of halogens is 1. The molecule has 0 fully saturated rings. The molecule has 1 heterocycles. The van der Waals surface area contributed by atoms with E-state index < -0.39 is 17.8 Å². The maximum Gasteiger partial charge on any atom is 0.337 e. The van der Waals surface area contributed by atoms with Gasteiger partial charge in [0.25, 0.3) is 0 Å². The molecule has 2 N–H and O–H groups in total. The molecule has 7 nitrogen and oxygen atoms in total. The van der Waals surface area contributed by atoms with E-state index in [1.165, 1.54) is 13.2 Å². The van der Waals surface area contributed by atoms with E-state index in [9.17, 15) is 14.0 Å². The Morgan fingerprint density at radius 3 is 2.63 bits per heavy atom. The van der Waals surface area contributed by atoms with Crippen molar-refractivity contribution in [2.75, 3.05) is 27.3 Å². The molecule has 0 spiro atoms. The Bertz CT molecular complexity index is 736. The number of methoxy groups -OCH3 is 1. The van der Waals surface area contributed by atoms with Crippen molar-refractivity contribution >= 4 is 12.0 Å². The van der Waals surface area contributed by atoms with Crippen LogP contribution in [0, 0.1) is 5.82 Å². The number of nitrogens with zero attached hydrogens (tertiary/aromatic N) is 1. The highest BCUT2D eigenvalue weighted by atomic mass is 19.1. The minimum atomic E-state index is -0.448. The molecule has 1 aliphatic heterocycles. The first-order valence-electron chi connectivity index (χ1n) is 8.88. The van der Waals surface area contributed by atoms with Crippen molar-refractivity contribution in [2.45, 2.75) is 32.9 Å². The standard InChI is InChI=1S/C19H26FN3O4/c1-5-14-17(18(24)27-6-2)15(22-19(25)21-14)11-23(3)10-12-7-8-16(26-4)13(20)9-12/h7-9,14H,5-6,10-11H2,1-4H3,(H2,21,22,25). The van der Waals surface area contributed by atoms with Crippen LogP contribution in [-0.4, -0.2) is 50.3 Å². The third-order valence-corrected chi connectivity index (χ3v) is 4.24. The van der Waals surface area contributed by atoms with E-state index in [1.807, 2.05) is 18.9 Å². The lowest BCUT2D eigenvalue weighted by Crippen LogP contribution is -2.51. The van der Waals surface area contributed by atoms with E-state index >= 15 is 0 Å². The second kappa shape index (κ2) is 9.36. The van der Waals surface area contributed by atoms with Crippen LogP contribution in [0.4, 0.5) is 9.18 Å². The highest BCUT2D eigenvalue weighted by Gasteiger charge is 2.31. The van der Waals surface area contributed by atoms with Crippen LogP contribution >= 0.6 is 0 Å². The van der Waals surface area contributed by atoms with E-state index in [2.05, 4.69) is 10.6 Å². The number of likely N-dealkylation sites (N-methyl/N-ethyl adjacent to an activating group) is 1. The largest absolute Gasteiger partial charge is 0.494 e. The summed E-state index contributed by atoms with van der Waals surface area (Å²) in [6, 6.07) is 4.00. The van der Waals surface area contributed by atoms with E-state index in [-0.39, 0.29) is 18.4 Å². The van der Waals surface area contributed by atoms with Crippen LogP contribution in [0.25, 0.3) is 0 Å². The number of amides is 2. The van der Waals surface area contributed by atoms with Gasteiger partial charge in [-0.2, -0.15) is 0 Å². The molecule has 0 aromatic heterocycles. The summed E-state index contributed by atoms with van der Waals surface area (Å²) in [5.41, 5.74) is 1.67. The molecule has 0 saturated heterocycles. The molecule has 148 valence electrons. The summed E-state index contributed by atoms with van der Waals surface area (Å²) in [6.45, 7) is 4.61. The van der Waals surface area contributed by atoms with Gasteiger partial charge in [0.05, 0.1) is 25.3 Å². The fourth-order valence-corrected chi connectivity index (χ4v) is 3.03. The molecule has 8 heteroatoms. The average Bonchev–Trinajstić information content (AvgIpc) is 2.61. The van der Waals surface area contributed by atoms with E-state index in [0.717, 1.165) is 5.56 Å². The van der Waals surface area contributed by atoms with Crippen molar-refractivity contribution in [3.05, 3.63) is 40.8 Å². The maximum atomic E-state index is 13.9. The molecule has 1 unspecified atom stereocenters. The van der Waals surface area contributed by atoms with Gasteiger partial charge in [0.15, 0.2) is 11.6 Å². The van der Waals surface area contributed by atoms with Gasteiger partial charge in [0.1, 0.15) is 0 Å². The zero-order chi connectivity index (χ0) is 20.0.